The molecule has 20 heavy (non-hydrogen) atoms. The normalized spacial score (nSPS) is 19.9. The van der Waals surface area contributed by atoms with Crippen LogP contribution in [-0.2, 0) is 15.5 Å². The third-order valence-electron chi connectivity index (χ3n) is 3.27. The molecule has 1 atom stereocenters. The van der Waals surface area contributed by atoms with Crippen molar-refractivity contribution in [2.45, 2.75) is 25.3 Å². The fourth-order valence-electron chi connectivity index (χ4n) is 2.20. The minimum absolute atomic E-state index is 0.160. The van der Waals surface area contributed by atoms with E-state index < -0.39 is 30.3 Å². The Balaban J connectivity index is 2.15. The molecule has 1 aromatic rings. The average molecular weight is 282 g/mol. The minimum Gasteiger partial charge on any atom is -0.343 e. The zero-order valence-electron chi connectivity index (χ0n) is 11.1. The lowest BCUT2D eigenvalue weighted by Crippen LogP contribution is -2.59. The number of hydrogen-bond acceptors (Lipinski definition) is 2. The molecule has 1 saturated heterocycles. The lowest BCUT2D eigenvalue weighted by atomic mass is 10.1. The summed E-state index contributed by atoms with van der Waals surface area (Å²) in [4.78, 5) is 24.4. The summed E-state index contributed by atoms with van der Waals surface area (Å²) in [5, 5.41) is 2.50. The largest absolute Gasteiger partial charge is 0.343 e. The van der Waals surface area contributed by atoms with Crippen molar-refractivity contribution in [1.82, 2.24) is 10.2 Å². The van der Waals surface area contributed by atoms with Gasteiger partial charge in [-0.05, 0) is 6.42 Å². The van der Waals surface area contributed by atoms with Gasteiger partial charge < -0.3 is 10.2 Å². The van der Waals surface area contributed by atoms with E-state index in [0.717, 1.165) is 4.90 Å². The van der Waals surface area contributed by atoms with Crippen LogP contribution in [0.2, 0.25) is 0 Å². The van der Waals surface area contributed by atoms with Crippen molar-refractivity contribution in [3.63, 3.8) is 0 Å². The topological polar surface area (TPSA) is 49.4 Å². The molecule has 1 unspecified atom stereocenters. The van der Waals surface area contributed by atoms with Crippen molar-refractivity contribution in [3.8, 4) is 0 Å². The van der Waals surface area contributed by atoms with Gasteiger partial charge >= 0.3 is 0 Å². The highest BCUT2D eigenvalue weighted by atomic mass is 19.3. The molecular weight excluding hydrogens is 266 g/mol. The molecule has 0 saturated carbocycles. The Morgan fingerprint density at radius 3 is 2.55 bits per heavy atom. The zero-order chi connectivity index (χ0) is 14.8. The van der Waals surface area contributed by atoms with E-state index in [-0.39, 0.29) is 12.1 Å². The first-order valence-electron chi connectivity index (χ1n) is 6.45. The van der Waals surface area contributed by atoms with E-state index in [1.807, 2.05) is 0 Å². The molecule has 6 heteroatoms. The molecule has 0 aromatic heterocycles. The zero-order valence-corrected chi connectivity index (χ0v) is 11.1. The molecule has 1 aliphatic rings. The van der Waals surface area contributed by atoms with E-state index in [1.54, 1.807) is 13.0 Å². The van der Waals surface area contributed by atoms with E-state index in [2.05, 4.69) is 5.32 Å². The van der Waals surface area contributed by atoms with Gasteiger partial charge in [-0.25, -0.2) is 0 Å². The molecule has 1 heterocycles. The Morgan fingerprint density at radius 2 is 1.95 bits per heavy atom. The van der Waals surface area contributed by atoms with Crippen LogP contribution in [0.4, 0.5) is 8.78 Å². The van der Waals surface area contributed by atoms with Crippen LogP contribution in [0.3, 0.4) is 0 Å². The molecule has 4 nitrogen and oxygen atoms in total. The maximum Gasteiger partial charge on any atom is 0.290 e. The van der Waals surface area contributed by atoms with Gasteiger partial charge in [0.05, 0.1) is 13.1 Å². The number of amides is 2. The van der Waals surface area contributed by atoms with Crippen molar-refractivity contribution >= 4 is 11.8 Å². The van der Waals surface area contributed by atoms with Gasteiger partial charge in [-0.1, -0.05) is 37.3 Å². The smallest absolute Gasteiger partial charge is 0.290 e. The Bertz CT molecular complexity index is 505. The molecule has 1 fully saturated rings. The number of halogens is 2. The number of carbonyl (C=O) groups is 2. The summed E-state index contributed by atoms with van der Waals surface area (Å²) in [7, 11) is 0. The van der Waals surface area contributed by atoms with Crippen molar-refractivity contribution < 1.29 is 18.4 Å². The van der Waals surface area contributed by atoms with Gasteiger partial charge in [0.15, 0.2) is 0 Å². The Labute approximate surface area is 115 Å². The molecule has 2 rings (SSSR count). The third kappa shape index (κ3) is 2.95. The number of alkyl halides is 2. The second kappa shape index (κ2) is 5.56. The first-order valence-corrected chi connectivity index (χ1v) is 6.45. The fraction of sp³-hybridized carbons (Fsp3) is 0.429. The monoisotopic (exact) mass is 282 g/mol. The summed E-state index contributed by atoms with van der Waals surface area (Å²) in [6, 6.07) is 6.60. The van der Waals surface area contributed by atoms with Gasteiger partial charge in [0, 0.05) is 5.56 Å². The maximum atomic E-state index is 14.1. The Hall–Kier alpha value is -1.98. The van der Waals surface area contributed by atoms with Crippen molar-refractivity contribution in [2.75, 3.05) is 13.1 Å². The summed E-state index contributed by atoms with van der Waals surface area (Å²) >= 11 is 0. The van der Waals surface area contributed by atoms with Crippen LogP contribution in [-0.4, -0.2) is 35.8 Å². The summed E-state index contributed by atoms with van der Waals surface area (Å²) in [6.07, 6.45) is 0.387. The predicted molar refractivity (Wildman–Crippen MR) is 69.1 cm³/mol. The van der Waals surface area contributed by atoms with E-state index >= 15 is 0 Å². The van der Waals surface area contributed by atoms with Gasteiger partial charge in [0.25, 0.3) is 5.92 Å². The molecule has 2 amide bonds. The van der Waals surface area contributed by atoms with Crippen molar-refractivity contribution in [3.05, 3.63) is 35.9 Å². The van der Waals surface area contributed by atoms with Gasteiger partial charge in [-0.15, -0.1) is 0 Å². The van der Waals surface area contributed by atoms with E-state index in [4.69, 9.17) is 0 Å². The number of rotatable bonds is 4. The summed E-state index contributed by atoms with van der Waals surface area (Å²) in [6.45, 7) is 0.624. The average Bonchev–Trinajstić information content (AvgIpc) is 2.43. The predicted octanol–water partition coefficient (Wildman–Crippen LogP) is 1.52. The second-order valence-electron chi connectivity index (χ2n) is 4.79. The fourth-order valence-corrected chi connectivity index (χ4v) is 2.20. The van der Waals surface area contributed by atoms with Crippen molar-refractivity contribution in [1.29, 1.82) is 0 Å². The maximum absolute atomic E-state index is 14.1. The number of nitrogens with one attached hydrogen (secondary N) is 1. The summed E-state index contributed by atoms with van der Waals surface area (Å²) in [5.41, 5.74) is -0.160. The first kappa shape index (κ1) is 14.4. The Kier molecular flexibility index (Phi) is 4.01. The second-order valence-corrected chi connectivity index (χ2v) is 4.79. The number of benzene rings is 1. The van der Waals surface area contributed by atoms with Gasteiger partial charge in [-0.3, -0.25) is 9.59 Å². The molecule has 108 valence electrons. The quantitative estimate of drug-likeness (QED) is 0.910. The highest BCUT2D eigenvalue weighted by Gasteiger charge is 2.40. The van der Waals surface area contributed by atoms with Crippen LogP contribution < -0.4 is 5.32 Å². The molecule has 0 radical (unpaired) electrons. The van der Waals surface area contributed by atoms with Crippen LogP contribution in [0.5, 0.6) is 0 Å². The lowest BCUT2D eigenvalue weighted by Gasteiger charge is -2.34. The van der Waals surface area contributed by atoms with Crippen LogP contribution in [0.25, 0.3) is 0 Å². The SMILES string of the molecule is CCC1NC(=O)CN(CC(F)(F)c2ccccc2)C1=O. The van der Waals surface area contributed by atoms with Gasteiger partial charge in [-0.2, -0.15) is 8.78 Å². The molecule has 1 N–H and O–H groups in total. The lowest BCUT2D eigenvalue weighted by molar-refractivity contribution is -0.149. The standard InChI is InChI=1S/C14H16F2N2O2/c1-2-11-13(20)18(8-12(19)17-11)9-14(15,16)10-6-4-3-5-7-10/h3-7,11H,2,8-9H2,1H3,(H,17,19). The molecule has 1 aliphatic heterocycles. The van der Waals surface area contributed by atoms with Crippen molar-refractivity contribution in [2.24, 2.45) is 0 Å². The van der Waals surface area contributed by atoms with Crippen LogP contribution in [0, 0.1) is 0 Å². The highest BCUT2D eigenvalue weighted by molar-refractivity contribution is 5.94. The summed E-state index contributed by atoms with van der Waals surface area (Å²) < 4.78 is 28.3. The number of hydrogen-bond donors (Lipinski definition) is 1. The van der Waals surface area contributed by atoms with Crippen LogP contribution in [0.1, 0.15) is 18.9 Å². The number of piperazine rings is 1. The van der Waals surface area contributed by atoms with E-state index in [0.29, 0.717) is 6.42 Å². The number of carbonyl (C=O) groups excluding carboxylic acids is 2. The first-order chi connectivity index (χ1) is 9.44. The van der Waals surface area contributed by atoms with E-state index in [1.165, 1.54) is 24.3 Å². The van der Waals surface area contributed by atoms with Crippen LogP contribution in [0.15, 0.2) is 30.3 Å². The van der Waals surface area contributed by atoms with Gasteiger partial charge in [0.1, 0.15) is 6.04 Å². The molecule has 1 aromatic carbocycles. The Morgan fingerprint density at radius 1 is 1.30 bits per heavy atom. The molecular formula is C14H16F2N2O2. The number of nitrogens with zero attached hydrogens (tertiary/aromatic N) is 1. The highest BCUT2D eigenvalue weighted by Crippen LogP contribution is 2.29. The molecule has 0 aliphatic carbocycles. The minimum atomic E-state index is -3.17. The summed E-state index contributed by atoms with van der Waals surface area (Å²) in [5.74, 6) is -4.03. The van der Waals surface area contributed by atoms with Crippen LogP contribution >= 0.6 is 0 Å². The third-order valence-corrected chi connectivity index (χ3v) is 3.27. The molecule has 0 bridgehead atoms. The van der Waals surface area contributed by atoms with Gasteiger partial charge in [0.2, 0.25) is 11.8 Å². The molecule has 0 spiro atoms. The van der Waals surface area contributed by atoms with E-state index in [9.17, 15) is 18.4 Å².